The lowest BCUT2D eigenvalue weighted by molar-refractivity contribution is -0.148. The summed E-state index contributed by atoms with van der Waals surface area (Å²) in [7, 11) is 1.18. The van der Waals surface area contributed by atoms with Gasteiger partial charge in [-0.15, -0.1) is 0 Å². The zero-order valence-electron chi connectivity index (χ0n) is 15.4. The van der Waals surface area contributed by atoms with Crippen molar-refractivity contribution in [3.63, 3.8) is 0 Å². The number of nitrogens with one attached hydrogen (secondary N) is 1. The highest BCUT2D eigenvalue weighted by molar-refractivity contribution is 5.97. The summed E-state index contributed by atoms with van der Waals surface area (Å²) in [6.07, 6.45) is -0.779. The van der Waals surface area contributed by atoms with Crippen molar-refractivity contribution < 1.29 is 27.4 Å². The Labute approximate surface area is 152 Å². The normalized spacial score (nSPS) is 23.5. The molecule has 0 spiro atoms. The molecule has 1 aromatic rings. The van der Waals surface area contributed by atoms with E-state index in [0.29, 0.717) is 25.4 Å². The summed E-state index contributed by atoms with van der Waals surface area (Å²) in [6.45, 7) is 4.46. The minimum Gasteiger partial charge on any atom is -0.496 e. The van der Waals surface area contributed by atoms with Crippen LogP contribution in [0, 0.1) is 5.92 Å². The van der Waals surface area contributed by atoms with E-state index in [-0.39, 0.29) is 17.3 Å². The van der Waals surface area contributed by atoms with Crippen LogP contribution in [0.4, 0.5) is 18.9 Å². The number of halogens is 3. The van der Waals surface area contributed by atoms with Crippen LogP contribution < -0.4 is 10.1 Å². The Morgan fingerprint density at radius 2 is 2.12 bits per heavy atom. The molecule has 1 aliphatic rings. The maximum atomic E-state index is 13.2. The summed E-state index contributed by atoms with van der Waals surface area (Å²) < 4.78 is 50.2. The van der Waals surface area contributed by atoms with Gasteiger partial charge in [-0.3, -0.25) is 4.79 Å². The van der Waals surface area contributed by atoms with Crippen LogP contribution in [0.5, 0.6) is 5.75 Å². The summed E-state index contributed by atoms with van der Waals surface area (Å²) in [5.41, 5.74) is -1.81. The van der Waals surface area contributed by atoms with Gasteiger partial charge in [-0.25, -0.2) is 0 Å². The summed E-state index contributed by atoms with van der Waals surface area (Å²) in [5, 5.41) is 2.63. The van der Waals surface area contributed by atoms with E-state index in [1.807, 2.05) is 6.92 Å². The average Bonchev–Trinajstić information content (AvgIpc) is 2.59. The number of rotatable bonds is 6. The van der Waals surface area contributed by atoms with E-state index in [1.54, 1.807) is 0 Å². The van der Waals surface area contributed by atoms with Crippen molar-refractivity contribution in [2.24, 2.45) is 5.92 Å². The Bertz CT molecular complexity index is 633. The monoisotopic (exact) mass is 373 g/mol. The quantitative estimate of drug-likeness (QED) is 0.761. The molecule has 4 nitrogen and oxygen atoms in total. The van der Waals surface area contributed by atoms with Crippen LogP contribution in [0.15, 0.2) is 18.2 Å². The van der Waals surface area contributed by atoms with Gasteiger partial charge in [-0.2, -0.15) is 13.2 Å². The molecule has 2 rings (SSSR count). The smallest absolute Gasteiger partial charge is 0.420 e. The molecule has 2 atom stereocenters. The van der Waals surface area contributed by atoms with Gasteiger partial charge in [0.25, 0.3) is 5.91 Å². The third-order valence-electron chi connectivity index (χ3n) is 4.71. The Kier molecular flexibility index (Phi) is 6.55. The van der Waals surface area contributed by atoms with Gasteiger partial charge >= 0.3 is 6.18 Å². The van der Waals surface area contributed by atoms with E-state index < -0.39 is 17.3 Å². The van der Waals surface area contributed by atoms with Crippen LogP contribution in [0.1, 0.15) is 51.5 Å². The Balaban J connectivity index is 2.26. The van der Waals surface area contributed by atoms with Crippen molar-refractivity contribution in [2.75, 3.05) is 19.0 Å². The van der Waals surface area contributed by atoms with Crippen molar-refractivity contribution >= 4 is 11.6 Å². The van der Waals surface area contributed by atoms with Crippen molar-refractivity contribution in [1.29, 1.82) is 0 Å². The number of anilines is 1. The molecular weight excluding hydrogens is 347 g/mol. The SMILES string of the molecule is CCCO[C@]1(C(=O)Nc2ccc(OC)c(C(F)(F)F)c2)CCC[C@@H](C)C1. The fraction of sp³-hybridized carbons (Fsp3) is 0.632. The van der Waals surface area contributed by atoms with Gasteiger partial charge in [-0.05, 0) is 49.8 Å². The summed E-state index contributed by atoms with van der Waals surface area (Å²) in [4.78, 5) is 12.9. The zero-order valence-corrected chi connectivity index (χ0v) is 15.4. The number of carbonyl (C=O) groups is 1. The first kappa shape index (κ1) is 20.6. The highest BCUT2D eigenvalue weighted by atomic mass is 19.4. The number of carbonyl (C=O) groups excluding carboxylic acids is 1. The second-order valence-corrected chi connectivity index (χ2v) is 6.91. The van der Waals surface area contributed by atoms with Gasteiger partial charge < -0.3 is 14.8 Å². The van der Waals surface area contributed by atoms with E-state index in [9.17, 15) is 18.0 Å². The number of hydrogen-bond acceptors (Lipinski definition) is 3. The summed E-state index contributed by atoms with van der Waals surface area (Å²) in [6, 6.07) is 3.52. The Morgan fingerprint density at radius 1 is 1.38 bits per heavy atom. The molecule has 26 heavy (non-hydrogen) atoms. The second-order valence-electron chi connectivity index (χ2n) is 6.91. The number of hydrogen-bond donors (Lipinski definition) is 1. The number of amides is 1. The van der Waals surface area contributed by atoms with Gasteiger partial charge in [0.15, 0.2) is 0 Å². The molecule has 0 radical (unpaired) electrons. The molecule has 0 unspecified atom stereocenters. The number of alkyl halides is 3. The predicted molar refractivity (Wildman–Crippen MR) is 93.2 cm³/mol. The summed E-state index contributed by atoms with van der Waals surface area (Å²) in [5.74, 6) is -0.331. The Hall–Kier alpha value is -1.76. The molecule has 0 saturated heterocycles. The third kappa shape index (κ3) is 4.69. The lowest BCUT2D eigenvalue weighted by Crippen LogP contribution is -2.48. The first-order valence-electron chi connectivity index (χ1n) is 8.92. The number of benzene rings is 1. The minimum absolute atomic E-state index is 0.0841. The predicted octanol–water partition coefficient (Wildman–Crippen LogP) is 5.03. The molecule has 1 aromatic carbocycles. The Morgan fingerprint density at radius 3 is 2.69 bits per heavy atom. The lowest BCUT2D eigenvalue weighted by Gasteiger charge is -2.38. The topological polar surface area (TPSA) is 47.6 Å². The highest BCUT2D eigenvalue weighted by Crippen LogP contribution is 2.39. The van der Waals surface area contributed by atoms with Crippen LogP contribution in [0.2, 0.25) is 0 Å². The molecule has 0 aliphatic heterocycles. The average molecular weight is 373 g/mol. The van der Waals surface area contributed by atoms with Crippen molar-refractivity contribution in [2.45, 2.75) is 57.7 Å². The zero-order chi connectivity index (χ0) is 19.4. The molecule has 1 N–H and O–H groups in total. The van der Waals surface area contributed by atoms with Gasteiger partial charge in [0.1, 0.15) is 11.4 Å². The van der Waals surface area contributed by atoms with E-state index in [4.69, 9.17) is 9.47 Å². The molecule has 1 aliphatic carbocycles. The highest BCUT2D eigenvalue weighted by Gasteiger charge is 2.43. The van der Waals surface area contributed by atoms with E-state index in [1.165, 1.54) is 19.2 Å². The number of methoxy groups -OCH3 is 1. The van der Waals surface area contributed by atoms with Crippen LogP contribution in [0.3, 0.4) is 0 Å². The van der Waals surface area contributed by atoms with Gasteiger partial charge in [0.2, 0.25) is 0 Å². The molecule has 7 heteroatoms. The molecule has 146 valence electrons. The maximum absolute atomic E-state index is 13.2. The minimum atomic E-state index is -4.57. The lowest BCUT2D eigenvalue weighted by atomic mass is 9.78. The molecule has 1 saturated carbocycles. The largest absolute Gasteiger partial charge is 0.496 e. The van der Waals surface area contributed by atoms with Crippen molar-refractivity contribution in [3.8, 4) is 5.75 Å². The van der Waals surface area contributed by atoms with E-state index in [0.717, 1.165) is 25.3 Å². The maximum Gasteiger partial charge on any atom is 0.420 e. The van der Waals surface area contributed by atoms with Crippen LogP contribution in [-0.4, -0.2) is 25.2 Å². The van der Waals surface area contributed by atoms with Crippen LogP contribution >= 0.6 is 0 Å². The standard InChI is InChI=1S/C19H26F3NO3/c1-4-10-26-18(9-5-6-13(2)12-18)17(24)23-14-7-8-16(25-3)15(11-14)19(20,21)22/h7-8,11,13H,4-6,9-10,12H2,1-3H3,(H,23,24)/t13-,18-/m1/s1. The molecule has 1 fully saturated rings. The molecule has 0 aromatic heterocycles. The number of ether oxygens (including phenoxy) is 2. The molecular formula is C19H26F3NO3. The van der Waals surface area contributed by atoms with Gasteiger partial charge in [0, 0.05) is 12.3 Å². The van der Waals surface area contributed by atoms with Crippen molar-refractivity contribution in [3.05, 3.63) is 23.8 Å². The van der Waals surface area contributed by atoms with Crippen LogP contribution in [0.25, 0.3) is 0 Å². The van der Waals surface area contributed by atoms with Gasteiger partial charge in [-0.1, -0.05) is 20.3 Å². The van der Waals surface area contributed by atoms with Gasteiger partial charge in [0.05, 0.1) is 12.7 Å². The van der Waals surface area contributed by atoms with E-state index >= 15 is 0 Å². The first-order chi connectivity index (χ1) is 12.2. The first-order valence-corrected chi connectivity index (χ1v) is 8.92. The molecule has 0 heterocycles. The molecule has 0 bridgehead atoms. The molecule has 1 amide bonds. The third-order valence-corrected chi connectivity index (χ3v) is 4.71. The fourth-order valence-electron chi connectivity index (χ4n) is 3.46. The second kappa shape index (κ2) is 8.29. The summed E-state index contributed by atoms with van der Waals surface area (Å²) >= 11 is 0. The van der Waals surface area contributed by atoms with Crippen molar-refractivity contribution in [1.82, 2.24) is 0 Å². The fourth-order valence-corrected chi connectivity index (χ4v) is 3.46. The van der Waals surface area contributed by atoms with E-state index in [2.05, 4.69) is 12.2 Å². The van der Waals surface area contributed by atoms with Crippen LogP contribution in [-0.2, 0) is 15.7 Å².